The van der Waals surface area contributed by atoms with Gasteiger partial charge >= 0.3 is 0 Å². The van der Waals surface area contributed by atoms with Crippen LogP contribution in [-0.4, -0.2) is 30.2 Å². The molecule has 1 saturated heterocycles. The lowest BCUT2D eigenvalue weighted by Crippen LogP contribution is -2.31. The molecule has 0 bridgehead atoms. The van der Waals surface area contributed by atoms with Crippen LogP contribution < -0.4 is 0 Å². The Morgan fingerprint density at radius 1 is 1.17 bits per heavy atom. The molecule has 3 heteroatoms. The monoisotopic (exact) mass is 252 g/mol. The van der Waals surface area contributed by atoms with Crippen molar-refractivity contribution in [3.8, 4) is 0 Å². The summed E-state index contributed by atoms with van der Waals surface area (Å²) in [5.74, 6) is -0.401. The summed E-state index contributed by atoms with van der Waals surface area (Å²) in [6, 6.07) is 0. The average Bonchev–Trinajstić information content (AvgIpc) is 2.60. The number of rotatable bonds is 2. The van der Waals surface area contributed by atoms with Crippen LogP contribution in [0.3, 0.4) is 0 Å². The highest BCUT2D eigenvalue weighted by Gasteiger charge is 2.52. The van der Waals surface area contributed by atoms with Gasteiger partial charge in [0.25, 0.3) is 0 Å². The van der Waals surface area contributed by atoms with Gasteiger partial charge in [-0.2, -0.15) is 0 Å². The molecule has 1 aliphatic heterocycles. The van der Waals surface area contributed by atoms with Crippen LogP contribution in [0.2, 0.25) is 0 Å². The van der Waals surface area contributed by atoms with Crippen LogP contribution in [0.15, 0.2) is 24.3 Å². The second-order valence-electron chi connectivity index (χ2n) is 6.60. The molecule has 2 fully saturated rings. The minimum Gasteiger partial charge on any atom is -0.375 e. The van der Waals surface area contributed by atoms with Crippen molar-refractivity contribution in [2.75, 3.05) is 6.61 Å². The molecular formula is C15H24O3. The van der Waals surface area contributed by atoms with Crippen LogP contribution in [0, 0.1) is 5.92 Å². The predicted octanol–water partition coefficient (Wildman–Crippen LogP) is 3.06. The van der Waals surface area contributed by atoms with Gasteiger partial charge < -0.3 is 14.2 Å². The lowest BCUT2D eigenvalue weighted by atomic mass is 10.0. The molecule has 0 aromatic carbocycles. The van der Waals surface area contributed by atoms with Crippen LogP contribution in [0.1, 0.15) is 34.6 Å². The minimum absolute atomic E-state index is 0.0117. The molecule has 0 amide bonds. The first-order valence-electron chi connectivity index (χ1n) is 6.48. The van der Waals surface area contributed by atoms with Crippen LogP contribution in [0.25, 0.3) is 0 Å². The van der Waals surface area contributed by atoms with E-state index in [0.717, 1.165) is 11.1 Å². The second-order valence-corrected chi connectivity index (χ2v) is 6.60. The summed E-state index contributed by atoms with van der Waals surface area (Å²) >= 11 is 0. The van der Waals surface area contributed by atoms with E-state index in [0.29, 0.717) is 6.61 Å². The van der Waals surface area contributed by atoms with Gasteiger partial charge in [0.15, 0.2) is 5.79 Å². The third-order valence-electron chi connectivity index (χ3n) is 3.43. The predicted molar refractivity (Wildman–Crippen MR) is 71.3 cm³/mol. The molecule has 3 atom stereocenters. The molecule has 102 valence electrons. The number of hydrogen-bond acceptors (Lipinski definition) is 3. The van der Waals surface area contributed by atoms with Crippen molar-refractivity contribution in [3.05, 3.63) is 24.3 Å². The van der Waals surface area contributed by atoms with Gasteiger partial charge in [-0.3, -0.25) is 0 Å². The smallest absolute Gasteiger partial charge is 0.164 e. The summed E-state index contributed by atoms with van der Waals surface area (Å²) in [5, 5.41) is 0. The van der Waals surface area contributed by atoms with Gasteiger partial charge in [-0.05, 0) is 45.8 Å². The van der Waals surface area contributed by atoms with E-state index in [-0.39, 0.29) is 23.7 Å². The molecule has 0 aromatic rings. The molecule has 0 aromatic heterocycles. The van der Waals surface area contributed by atoms with Crippen LogP contribution in [0.4, 0.5) is 0 Å². The van der Waals surface area contributed by atoms with E-state index in [2.05, 4.69) is 13.2 Å². The van der Waals surface area contributed by atoms with E-state index >= 15 is 0 Å². The van der Waals surface area contributed by atoms with E-state index in [9.17, 15) is 0 Å². The summed E-state index contributed by atoms with van der Waals surface area (Å²) in [6.45, 7) is 18.8. The van der Waals surface area contributed by atoms with E-state index < -0.39 is 5.79 Å². The topological polar surface area (TPSA) is 27.7 Å². The summed E-state index contributed by atoms with van der Waals surface area (Å²) in [6.07, 6.45) is -0.0802. The van der Waals surface area contributed by atoms with Gasteiger partial charge in [-0.15, -0.1) is 0 Å². The van der Waals surface area contributed by atoms with Crippen molar-refractivity contribution < 1.29 is 14.2 Å². The van der Waals surface area contributed by atoms with Crippen molar-refractivity contribution >= 4 is 0 Å². The lowest BCUT2D eigenvalue weighted by Gasteiger charge is -2.26. The van der Waals surface area contributed by atoms with Crippen molar-refractivity contribution in [1.29, 1.82) is 0 Å². The first kappa shape index (κ1) is 13.8. The fourth-order valence-electron chi connectivity index (χ4n) is 2.51. The largest absolute Gasteiger partial charge is 0.375 e. The van der Waals surface area contributed by atoms with Crippen molar-refractivity contribution in [1.82, 2.24) is 0 Å². The summed E-state index contributed by atoms with van der Waals surface area (Å²) in [7, 11) is 0. The Morgan fingerprint density at radius 3 is 2.33 bits per heavy atom. The van der Waals surface area contributed by atoms with Gasteiger partial charge in [-0.1, -0.05) is 13.2 Å². The number of hydrogen-bond donors (Lipinski definition) is 0. The molecule has 2 rings (SSSR count). The molecule has 18 heavy (non-hydrogen) atoms. The average molecular weight is 252 g/mol. The quantitative estimate of drug-likeness (QED) is 0.756. The molecule has 1 aliphatic carbocycles. The highest BCUT2D eigenvalue weighted by Crippen LogP contribution is 2.46. The fourth-order valence-corrected chi connectivity index (χ4v) is 2.51. The summed E-state index contributed by atoms with van der Waals surface area (Å²) in [4.78, 5) is 0. The molecule has 3 nitrogen and oxygen atoms in total. The number of ether oxygens (including phenoxy) is 3. The first-order chi connectivity index (χ1) is 8.11. The maximum Gasteiger partial charge on any atom is 0.164 e. The van der Waals surface area contributed by atoms with E-state index in [1.165, 1.54) is 0 Å². The standard InChI is InChI=1S/C15H24O3/c1-9-10(2)12-13(18-15(6,7)17-12)11(9)8-16-14(3,4)5/h11-13H,1-2,8H2,3-7H3/t11-,12-,13+/m0/s1. The summed E-state index contributed by atoms with van der Waals surface area (Å²) < 4.78 is 17.7. The van der Waals surface area contributed by atoms with Crippen LogP contribution in [-0.2, 0) is 14.2 Å². The highest BCUT2D eigenvalue weighted by molar-refractivity contribution is 5.41. The van der Waals surface area contributed by atoms with Gasteiger partial charge in [0.05, 0.1) is 12.2 Å². The molecule has 0 spiro atoms. The van der Waals surface area contributed by atoms with Crippen molar-refractivity contribution in [2.24, 2.45) is 5.92 Å². The Morgan fingerprint density at radius 2 is 1.78 bits per heavy atom. The third-order valence-corrected chi connectivity index (χ3v) is 3.43. The van der Waals surface area contributed by atoms with E-state index in [1.807, 2.05) is 34.6 Å². The van der Waals surface area contributed by atoms with E-state index in [1.54, 1.807) is 0 Å². The zero-order chi connectivity index (χ0) is 13.7. The molecular weight excluding hydrogens is 228 g/mol. The highest BCUT2D eigenvalue weighted by atomic mass is 16.8. The third kappa shape index (κ3) is 2.53. The maximum absolute atomic E-state index is 5.97. The van der Waals surface area contributed by atoms with Gasteiger partial charge in [0.2, 0.25) is 0 Å². The van der Waals surface area contributed by atoms with Gasteiger partial charge in [-0.25, -0.2) is 0 Å². The van der Waals surface area contributed by atoms with Gasteiger partial charge in [0.1, 0.15) is 12.2 Å². The molecule has 1 saturated carbocycles. The Balaban J connectivity index is 2.11. The molecule has 0 unspecified atom stereocenters. The van der Waals surface area contributed by atoms with Crippen molar-refractivity contribution in [3.63, 3.8) is 0 Å². The van der Waals surface area contributed by atoms with Crippen molar-refractivity contribution in [2.45, 2.75) is 58.2 Å². The van der Waals surface area contributed by atoms with Crippen LogP contribution in [0.5, 0.6) is 0 Å². The molecule has 2 aliphatic rings. The summed E-state index contributed by atoms with van der Waals surface area (Å²) in [5.41, 5.74) is 1.80. The first-order valence-corrected chi connectivity index (χ1v) is 6.48. The Kier molecular flexibility index (Phi) is 3.21. The lowest BCUT2D eigenvalue weighted by molar-refractivity contribution is -0.153. The Bertz CT molecular complexity index is 376. The molecule has 0 radical (unpaired) electrons. The zero-order valence-corrected chi connectivity index (χ0v) is 12.1. The second kappa shape index (κ2) is 4.19. The Labute approximate surface area is 110 Å². The SMILES string of the molecule is C=C1C(=C)[C@@H]2OC(C)(C)O[C@@H]2[C@H]1COC(C)(C)C. The fraction of sp³-hybridized carbons (Fsp3) is 0.733. The molecule has 0 N–H and O–H groups in total. The maximum atomic E-state index is 5.97. The number of fused-ring (bicyclic) bond motifs is 1. The van der Waals surface area contributed by atoms with E-state index in [4.69, 9.17) is 14.2 Å². The molecule has 1 heterocycles. The Hall–Kier alpha value is -0.640. The zero-order valence-electron chi connectivity index (χ0n) is 12.1. The van der Waals surface area contributed by atoms with Gasteiger partial charge in [0, 0.05) is 5.92 Å². The minimum atomic E-state index is -0.543. The van der Waals surface area contributed by atoms with Crippen LogP contribution >= 0.6 is 0 Å². The normalized spacial score (nSPS) is 35.1.